The van der Waals surface area contributed by atoms with E-state index in [-0.39, 0.29) is 0 Å². The van der Waals surface area contributed by atoms with Crippen LogP contribution in [-0.4, -0.2) is 24.6 Å². The lowest BCUT2D eigenvalue weighted by Gasteiger charge is -2.08. The SMILES string of the molecule is Cc1cccc(/N=C/N(C)/C=N/c2cccc(C)c2C)c1C. The zero-order chi connectivity index (χ0) is 16.1. The second-order valence-corrected chi connectivity index (χ2v) is 5.59. The highest BCUT2D eigenvalue weighted by Crippen LogP contribution is 2.21. The van der Waals surface area contributed by atoms with Crippen LogP contribution in [0.4, 0.5) is 11.4 Å². The zero-order valence-corrected chi connectivity index (χ0v) is 14.0. The van der Waals surface area contributed by atoms with Crippen molar-refractivity contribution in [3.05, 3.63) is 58.7 Å². The molecule has 2 rings (SSSR count). The Morgan fingerprint density at radius 1 is 0.727 bits per heavy atom. The summed E-state index contributed by atoms with van der Waals surface area (Å²) in [6.45, 7) is 8.37. The van der Waals surface area contributed by atoms with Gasteiger partial charge in [-0.3, -0.25) is 0 Å². The van der Waals surface area contributed by atoms with Crippen LogP contribution in [-0.2, 0) is 0 Å². The molecular weight excluding hydrogens is 270 g/mol. The third kappa shape index (κ3) is 3.82. The van der Waals surface area contributed by atoms with Gasteiger partial charge >= 0.3 is 0 Å². The topological polar surface area (TPSA) is 28.0 Å². The van der Waals surface area contributed by atoms with Crippen molar-refractivity contribution in [2.45, 2.75) is 27.7 Å². The predicted molar refractivity (Wildman–Crippen MR) is 95.9 cm³/mol. The second-order valence-electron chi connectivity index (χ2n) is 5.59. The van der Waals surface area contributed by atoms with Crippen LogP contribution >= 0.6 is 0 Å². The van der Waals surface area contributed by atoms with Crippen molar-refractivity contribution in [1.29, 1.82) is 0 Å². The molecule has 3 nitrogen and oxygen atoms in total. The first kappa shape index (κ1) is 16.0. The van der Waals surface area contributed by atoms with Crippen LogP contribution < -0.4 is 0 Å². The summed E-state index contributed by atoms with van der Waals surface area (Å²) in [7, 11) is 1.93. The first-order valence-electron chi connectivity index (χ1n) is 7.42. The van der Waals surface area contributed by atoms with E-state index in [1.165, 1.54) is 22.3 Å². The summed E-state index contributed by atoms with van der Waals surface area (Å²) in [5.41, 5.74) is 6.90. The van der Waals surface area contributed by atoms with Crippen molar-refractivity contribution >= 4 is 24.1 Å². The van der Waals surface area contributed by atoms with E-state index in [0.717, 1.165) is 11.4 Å². The van der Waals surface area contributed by atoms with Gasteiger partial charge in [-0.2, -0.15) is 0 Å². The number of rotatable bonds is 4. The monoisotopic (exact) mass is 293 g/mol. The summed E-state index contributed by atoms with van der Waals surface area (Å²) in [6.07, 6.45) is 3.58. The van der Waals surface area contributed by atoms with E-state index >= 15 is 0 Å². The molecule has 3 heteroatoms. The second kappa shape index (κ2) is 7.03. The summed E-state index contributed by atoms with van der Waals surface area (Å²) in [4.78, 5) is 10.9. The number of aryl methyl sites for hydroxylation is 2. The highest BCUT2D eigenvalue weighted by Gasteiger charge is 1.99. The van der Waals surface area contributed by atoms with E-state index in [2.05, 4.69) is 49.8 Å². The van der Waals surface area contributed by atoms with Crippen LogP contribution in [0.5, 0.6) is 0 Å². The van der Waals surface area contributed by atoms with Gasteiger partial charge in [-0.1, -0.05) is 24.3 Å². The van der Waals surface area contributed by atoms with E-state index in [4.69, 9.17) is 0 Å². The molecule has 114 valence electrons. The van der Waals surface area contributed by atoms with Crippen LogP contribution in [0.25, 0.3) is 0 Å². The molecule has 0 fully saturated rings. The van der Waals surface area contributed by atoms with Gasteiger partial charge < -0.3 is 4.90 Å². The maximum Gasteiger partial charge on any atom is 0.0961 e. The van der Waals surface area contributed by atoms with Gasteiger partial charge in [-0.05, 0) is 62.1 Å². The molecule has 0 saturated carbocycles. The highest BCUT2D eigenvalue weighted by atomic mass is 15.1. The summed E-state index contributed by atoms with van der Waals surface area (Å²) in [5, 5.41) is 0. The third-order valence-electron chi connectivity index (χ3n) is 3.91. The van der Waals surface area contributed by atoms with Crippen LogP contribution in [0.3, 0.4) is 0 Å². The number of nitrogens with zero attached hydrogens (tertiary/aromatic N) is 3. The standard InChI is InChI=1S/C19H23N3/c1-14-8-6-10-18(16(14)3)20-12-22(5)13-21-19-11-7-9-15(2)17(19)4/h6-13H,1-5H3/b20-12+,21-13+. The lowest BCUT2D eigenvalue weighted by atomic mass is 10.1. The molecule has 0 atom stereocenters. The summed E-state index contributed by atoms with van der Waals surface area (Å²) in [5.74, 6) is 0. The fourth-order valence-corrected chi connectivity index (χ4v) is 2.09. The van der Waals surface area contributed by atoms with E-state index < -0.39 is 0 Å². The Hall–Kier alpha value is -2.42. The van der Waals surface area contributed by atoms with E-state index in [1.807, 2.05) is 36.2 Å². The molecule has 0 aromatic heterocycles. The summed E-state index contributed by atoms with van der Waals surface area (Å²) >= 11 is 0. The first-order chi connectivity index (χ1) is 10.5. The van der Waals surface area contributed by atoms with Crippen LogP contribution in [0.2, 0.25) is 0 Å². The van der Waals surface area contributed by atoms with E-state index in [9.17, 15) is 0 Å². The van der Waals surface area contributed by atoms with Gasteiger partial charge in [0, 0.05) is 7.05 Å². The zero-order valence-electron chi connectivity index (χ0n) is 14.0. The lowest BCUT2D eigenvalue weighted by molar-refractivity contribution is 0.801. The maximum atomic E-state index is 4.53. The Bertz CT molecular complexity index is 653. The average molecular weight is 293 g/mol. The van der Waals surface area contributed by atoms with Gasteiger partial charge in [0.15, 0.2) is 0 Å². The average Bonchev–Trinajstić information content (AvgIpc) is 2.50. The Morgan fingerprint density at radius 3 is 1.55 bits per heavy atom. The molecule has 22 heavy (non-hydrogen) atoms. The summed E-state index contributed by atoms with van der Waals surface area (Å²) in [6, 6.07) is 12.3. The Labute approximate surface area is 133 Å². The van der Waals surface area contributed by atoms with Crippen molar-refractivity contribution in [3.8, 4) is 0 Å². The lowest BCUT2D eigenvalue weighted by Crippen LogP contribution is -2.12. The van der Waals surface area contributed by atoms with E-state index in [0.29, 0.717) is 0 Å². The van der Waals surface area contributed by atoms with Crippen molar-refractivity contribution in [2.75, 3.05) is 7.05 Å². The number of aliphatic imine (C=N–C) groups is 2. The van der Waals surface area contributed by atoms with Crippen molar-refractivity contribution < 1.29 is 0 Å². The van der Waals surface area contributed by atoms with Gasteiger partial charge in [-0.15, -0.1) is 0 Å². The normalized spacial score (nSPS) is 11.5. The summed E-state index contributed by atoms with van der Waals surface area (Å²) < 4.78 is 0. The molecule has 0 aliphatic heterocycles. The maximum absolute atomic E-state index is 4.53. The highest BCUT2D eigenvalue weighted by molar-refractivity contribution is 5.79. The molecule has 0 aliphatic carbocycles. The Morgan fingerprint density at radius 2 is 1.14 bits per heavy atom. The third-order valence-corrected chi connectivity index (χ3v) is 3.91. The fourth-order valence-electron chi connectivity index (χ4n) is 2.09. The van der Waals surface area contributed by atoms with Gasteiger partial charge in [0.25, 0.3) is 0 Å². The Kier molecular flexibility index (Phi) is 5.10. The largest absolute Gasteiger partial charge is 0.326 e. The van der Waals surface area contributed by atoms with Crippen LogP contribution in [0.15, 0.2) is 46.4 Å². The minimum atomic E-state index is 0.993. The molecule has 0 amide bonds. The van der Waals surface area contributed by atoms with Gasteiger partial charge in [0.05, 0.1) is 24.1 Å². The number of hydrogen-bond donors (Lipinski definition) is 0. The molecule has 2 aromatic carbocycles. The molecule has 0 saturated heterocycles. The molecule has 0 radical (unpaired) electrons. The van der Waals surface area contributed by atoms with Crippen LogP contribution in [0.1, 0.15) is 22.3 Å². The van der Waals surface area contributed by atoms with Gasteiger partial charge in [0.1, 0.15) is 0 Å². The molecule has 0 aliphatic rings. The molecule has 0 unspecified atom stereocenters. The fraction of sp³-hybridized carbons (Fsp3) is 0.263. The Balaban J connectivity index is 2.11. The molecule has 2 aromatic rings. The smallest absolute Gasteiger partial charge is 0.0961 e. The minimum Gasteiger partial charge on any atom is -0.326 e. The molecular formula is C19H23N3. The van der Waals surface area contributed by atoms with Gasteiger partial charge in [0.2, 0.25) is 0 Å². The van der Waals surface area contributed by atoms with Crippen molar-refractivity contribution in [1.82, 2.24) is 4.90 Å². The van der Waals surface area contributed by atoms with Crippen LogP contribution in [0, 0.1) is 27.7 Å². The van der Waals surface area contributed by atoms with Gasteiger partial charge in [-0.25, -0.2) is 9.98 Å². The molecule has 0 spiro atoms. The van der Waals surface area contributed by atoms with E-state index in [1.54, 1.807) is 12.7 Å². The number of benzene rings is 2. The quantitative estimate of drug-likeness (QED) is 0.583. The predicted octanol–water partition coefficient (Wildman–Crippen LogP) is 4.87. The first-order valence-corrected chi connectivity index (χ1v) is 7.42. The number of hydrogen-bond acceptors (Lipinski definition) is 2. The molecule has 0 N–H and O–H groups in total. The van der Waals surface area contributed by atoms with Crippen molar-refractivity contribution in [3.63, 3.8) is 0 Å². The molecule has 0 heterocycles. The minimum absolute atomic E-state index is 0.993. The molecule has 0 bridgehead atoms. The van der Waals surface area contributed by atoms with Crippen molar-refractivity contribution in [2.24, 2.45) is 9.98 Å².